The van der Waals surface area contributed by atoms with Crippen molar-refractivity contribution in [2.24, 2.45) is 0 Å². The summed E-state index contributed by atoms with van der Waals surface area (Å²) in [4.78, 5) is 0.0595. The Hall–Kier alpha value is -1.99. The minimum atomic E-state index is -3.78. The number of aryl methyl sites for hydroxylation is 1. The van der Waals surface area contributed by atoms with Crippen LogP contribution >= 0.6 is 0 Å². The predicted octanol–water partition coefficient (Wildman–Crippen LogP) is 4.71. The minimum Gasteiger partial charge on any atom is -0.314 e. The van der Waals surface area contributed by atoms with E-state index >= 15 is 0 Å². The topological polar surface area (TPSA) is 58.2 Å². The Morgan fingerprint density at radius 1 is 1.10 bits per heavy atom. The van der Waals surface area contributed by atoms with Crippen molar-refractivity contribution in [2.45, 2.75) is 62.8 Å². The zero-order valence-electron chi connectivity index (χ0n) is 16.8. The maximum absolute atomic E-state index is 12.8. The summed E-state index contributed by atoms with van der Waals surface area (Å²) in [6.07, 6.45) is 1.51. The largest absolute Gasteiger partial charge is 0.314 e. The number of nitrogens with one attached hydrogen (secondary N) is 2. The van der Waals surface area contributed by atoms with Gasteiger partial charge in [0.25, 0.3) is 10.0 Å². The Balaban J connectivity index is 1.71. The van der Waals surface area contributed by atoms with Crippen LogP contribution in [0.4, 0.5) is 14.5 Å². The summed E-state index contributed by atoms with van der Waals surface area (Å²) in [5.74, 6) is -0.934. The highest BCUT2D eigenvalue weighted by Crippen LogP contribution is 2.27. The fourth-order valence-corrected chi connectivity index (χ4v) is 4.70. The first-order valence-electron chi connectivity index (χ1n) is 10.1. The normalized spacial score (nSPS) is 17.8. The van der Waals surface area contributed by atoms with Gasteiger partial charge in [0.05, 0.1) is 4.90 Å². The molecule has 0 spiro atoms. The van der Waals surface area contributed by atoms with E-state index in [4.69, 9.17) is 0 Å². The molecule has 4 nitrogen and oxygen atoms in total. The Morgan fingerprint density at radius 2 is 1.83 bits per heavy atom. The first kappa shape index (κ1) is 21.7. The van der Waals surface area contributed by atoms with E-state index in [0.717, 1.165) is 32.2 Å². The molecule has 2 unspecified atom stereocenters. The van der Waals surface area contributed by atoms with Crippen LogP contribution in [0.15, 0.2) is 47.4 Å². The lowest BCUT2D eigenvalue weighted by Gasteiger charge is -2.26. The van der Waals surface area contributed by atoms with E-state index in [1.54, 1.807) is 6.07 Å². The summed E-state index contributed by atoms with van der Waals surface area (Å²) < 4.78 is 53.6. The third-order valence-electron chi connectivity index (χ3n) is 5.46. The predicted molar refractivity (Wildman–Crippen MR) is 112 cm³/mol. The molecule has 158 valence electrons. The standard InChI is InChI=1S/C22H28F2N2O2S/c1-3-12-25-19-8-4-18-14-20(9-5-17(18)13-19)26-29(27,28)21-10-6-16(7-11-21)15(2)22(23)24/h5-7,9-11,14-15,19,22,25-26H,3-4,8,12-13H2,1-2H3. The lowest BCUT2D eigenvalue weighted by Crippen LogP contribution is -2.35. The van der Waals surface area contributed by atoms with Gasteiger partial charge in [0.15, 0.2) is 0 Å². The molecule has 0 aliphatic heterocycles. The monoisotopic (exact) mass is 422 g/mol. The molecule has 0 saturated carbocycles. The Labute approximate surface area is 171 Å². The number of alkyl halides is 2. The van der Waals surface area contributed by atoms with E-state index in [-0.39, 0.29) is 4.90 Å². The van der Waals surface area contributed by atoms with Crippen LogP contribution in [0.3, 0.4) is 0 Å². The fourth-order valence-electron chi connectivity index (χ4n) is 3.65. The van der Waals surface area contributed by atoms with Gasteiger partial charge in [0.2, 0.25) is 6.43 Å². The fraction of sp³-hybridized carbons (Fsp3) is 0.455. The van der Waals surface area contributed by atoms with Gasteiger partial charge in [-0.25, -0.2) is 17.2 Å². The second kappa shape index (κ2) is 9.22. The van der Waals surface area contributed by atoms with Crippen molar-refractivity contribution < 1.29 is 17.2 Å². The van der Waals surface area contributed by atoms with Gasteiger partial charge in [-0.15, -0.1) is 0 Å². The second-order valence-corrected chi connectivity index (χ2v) is 9.36. The van der Waals surface area contributed by atoms with E-state index in [0.29, 0.717) is 17.3 Å². The highest BCUT2D eigenvalue weighted by atomic mass is 32.2. The summed E-state index contributed by atoms with van der Waals surface area (Å²) >= 11 is 0. The summed E-state index contributed by atoms with van der Waals surface area (Å²) in [5, 5.41) is 3.55. The lowest BCUT2D eigenvalue weighted by molar-refractivity contribution is 0.121. The molecule has 2 atom stereocenters. The molecule has 0 aromatic heterocycles. The molecule has 0 bridgehead atoms. The molecular formula is C22H28F2N2O2S. The van der Waals surface area contributed by atoms with E-state index < -0.39 is 22.4 Å². The van der Waals surface area contributed by atoms with Gasteiger partial charge in [-0.1, -0.05) is 32.0 Å². The van der Waals surface area contributed by atoms with E-state index in [9.17, 15) is 17.2 Å². The van der Waals surface area contributed by atoms with Crippen LogP contribution in [0.1, 0.15) is 49.3 Å². The van der Waals surface area contributed by atoms with Crippen molar-refractivity contribution in [3.05, 3.63) is 59.2 Å². The molecule has 0 radical (unpaired) electrons. The van der Waals surface area contributed by atoms with Gasteiger partial charge in [-0.3, -0.25) is 4.72 Å². The Kier molecular flexibility index (Phi) is 6.90. The van der Waals surface area contributed by atoms with Crippen molar-refractivity contribution in [3.63, 3.8) is 0 Å². The van der Waals surface area contributed by atoms with E-state index in [1.807, 2.05) is 12.1 Å². The average molecular weight is 423 g/mol. The molecule has 29 heavy (non-hydrogen) atoms. The first-order chi connectivity index (χ1) is 13.8. The molecule has 2 aromatic rings. The summed E-state index contributed by atoms with van der Waals surface area (Å²) in [6, 6.07) is 11.8. The minimum absolute atomic E-state index is 0.0595. The third-order valence-corrected chi connectivity index (χ3v) is 6.86. The van der Waals surface area contributed by atoms with Gasteiger partial charge >= 0.3 is 0 Å². The molecule has 0 amide bonds. The van der Waals surface area contributed by atoms with Crippen molar-refractivity contribution in [1.29, 1.82) is 0 Å². The van der Waals surface area contributed by atoms with Crippen LogP contribution in [0, 0.1) is 0 Å². The van der Waals surface area contributed by atoms with Crippen LogP contribution < -0.4 is 10.0 Å². The molecule has 0 saturated heterocycles. The molecule has 2 N–H and O–H groups in total. The van der Waals surface area contributed by atoms with Gasteiger partial charge in [-0.05, 0) is 73.2 Å². The number of halogens is 2. The quantitative estimate of drug-likeness (QED) is 0.648. The number of hydrogen-bond acceptors (Lipinski definition) is 3. The van der Waals surface area contributed by atoms with Crippen LogP contribution in [-0.4, -0.2) is 27.4 Å². The number of anilines is 1. The van der Waals surface area contributed by atoms with Gasteiger partial charge < -0.3 is 5.32 Å². The van der Waals surface area contributed by atoms with Crippen molar-refractivity contribution in [2.75, 3.05) is 11.3 Å². The number of hydrogen-bond donors (Lipinski definition) is 2. The smallest absolute Gasteiger partial charge is 0.261 e. The van der Waals surface area contributed by atoms with Crippen LogP contribution in [0.2, 0.25) is 0 Å². The zero-order valence-corrected chi connectivity index (χ0v) is 17.6. The van der Waals surface area contributed by atoms with Crippen LogP contribution in [-0.2, 0) is 22.9 Å². The van der Waals surface area contributed by atoms with Crippen molar-refractivity contribution in [3.8, 4) is 0 Å². The van der Waals surface area contributed by atoms with E-state index in [1.165, 1.54) is 42.3 Å². The van der Waals surface area contributed by atoms with Crippen molar-refractivity contribution in [1.82, 2.24) is 5.32 Å². The lowest BCUT2D eigenvalue weighted by atomic mass is 9.88. The second-order valence-electron chi connectivity index (χ2n) is 7.68. The number of rotatable bonds is 8. The van der Waals surface area contributed by atoms with Gasteiger partial charge in [-0.2, -0.15) is 0 Å². The number of benzene rings is 2. The van der Waals surface area contributed by atoms with Crippen LogP contribution in [0.25, 0.3) is 0 Å². The molecule has 1 aliphatic rings. The Morgan fingerprint density at radius 3 is 2.48 bits per heavy atom. The number of sulfonamides is 1. The third kappa shape index (κ3) is 5.34. The maximum atomic E-state index is 12.8. The van der Waals surface area contributed by atoms with Gasteiger partial charge in [0, 0.05) is 17.6 Å². The highest BCUT2D eigenvalue weighted by Gasteiger charge is 2.21. The van der Waals surface area contributed by atoms with E-state index in [2.05, 4.69) is 17.0 Å². The average Bonchev–Trinajstić information content (AvgIpc) is 2.71. The molecular weight excluding hydrogens is 394 g/mol. The summed E-state index contributed by atoms with van der Waals surface area (Å²) in [6.45, 7) is 4.57. The molecule has 7 heteroatoms. The first-order valence-corrected chi connectivity index (χ1v) is 11.5. The summed E-state index contributed by atoms with van der Waals surface area (Å²) in [7, 11) is -3.78. The maximum Gasteiger partial charge on any atom is 0.261 e. The van der Waals surface area contributed by atoms with Crippen LogP contribution in [0.5, 0.6) is 0 Å². The number of fused-ring (bicyclic) bond motifs is 1. The molecule has 3 rings (SSSR count). The van der Waals surface area contributed by atoms with Crippen molar-refractivity contribution >= 4 is 15.7 Å². The highest BCUT2D eigenvalue weighted by molar-refractivity contribution is 7.92. The molecule has 1 aliphatic carbocycles. The zero-order chi connectivity index (χ0) is 21.0. The Bertz CT molecular complexity index is 930. The molecule has 0 heterocycles. The molecule has 0 fully saturated rings. The van der Waals surface area contributed by atoms with Gasteiger partial charge in [0.1, 0.15) is 0 Å². The molecule has 2 aromatic carbocycles. The SMILES string of the molecule is CCCNC1CCc2cc(NS(=O)(=O)c3ccc(C(C)C(F)F)cc3)ccc2C1. The summed E-state index contributed by atoms with van der Waals surface area (Å²) in [5.41, 5.74) is 3.35.